The minimum Gasteiger partial charge on any atom is -0.465 e. The molecule has 0 spiro atoms. The molecule has 21 heavy (non-hydrogen) atoms. The fraction of sp³-hybridized carbons (Fsp3) is 0.812. The Kier molecular flexibility index (Phi) is 10.5. The molecule has 0 bridgehead atoms. The van der Waals surface area contributed by atoms with Crippen molar-refractivity contribution in [3.63, 3.8) is 0 Å². The molecule has 0 aromatic carbocycles. The Morgan fingerprint density at radius 1 is 0.905 bits per heavy atom. The summed E-state index contributed by atoms with van der Waals surface area (Å²) < 4.78 is 10.1. The first kappa shape index (κ1) is 19.6. The largest absolute Gasteiger partial charge is 0.465 e. The van der Waals surface area contributed by atoms with Crippen molar-refractivity contribution in [1.29, 1.82) is 0 Å². The van der Waals surface area contributed by atoms with E-state index in [1.165, 1.54) is 0 Å². The summed E-state index contributed by atoms with van der Waals surface area (Å²) in [5.74, 6) is -1.14. The van der Waals surface area contributed by atoms with Crippen molar-refractivity contribution >= 4 is 18.2 Å². The molecule has 0 atom stereocenters. The average molecular weight is 300 g/mol. The van der Waals surface area contributed by atoms with Crippen LogP contribution in [0.5, 0.6) is 0 Å². The zero-order valence-electron chi connectivity index (χ0n) is 13.5. The molecule has 0 fully saturated rings. The summed E-state index contributed by atoms with van der Waals surface area (Å²) in [4.78, 5) is 35.3. The van der Waals surface area contributed by atoms with Crippen LogP contribution in [0.25, 0.3) is 0 Å². The van der Waals surface area contributed by atoms with Gasteiger partial charge in [0.2, 0.25) is 0 Å². The molecule has 0 aliphatic rings. The third-order valence-corrected chi connectivity index (χ3v) is 3.48. The number of unbranched alkanes of at least 4 members (excludes halogenated alkanes) is 3. The lowest BCUT2D eigenvalue weighted by Crippen LogP contribution is -2.42. The van der Waals surface area contributed by atoms with Crippen LogP contribution < -0.4 is 0 Å². The van der Waals surface area contributed by atoms with Gasteiger partial charge < -0.3 is 14.3 Å². The molecular formula is C16H28O5. The molecule has 0 saturated heterocycles. The summed E-state index contributed by atoms with van der Waals surface area (Å²) in [6.45, 7) is 5.90. The first-order chi connectivity index (χ1) is 10.1. The van der Waals surface area contributed by atoms with Gasteiger partial charge >= 0.3 is 11.9 Å². The van der Waals surface area contributed by atoms with Gasteiger partial charge in [-0.3, -0.25) is 9.59 Å². The number of carbonyl (C=O) groups excluding carboxylic acids is 3. The number of aldehydes is 1. The molecule has 0 unspecified atom stereocenters. The van der Waals surface area contributed by atoms with Crippen molar-refractivity contribution in [3.05, 3.63) is 0 Å². The van der Waals surface area contributed by atoms with Crippen LogP contribution in [0.3, 0.4) is 0 Å². The van der Waals surface area contributed by atoms with E-state index in [9.17, 15) is 14.4 Å². The highest BCUT2D eigenvalue weighted by atomic mass is 16.6. The van der Waals surface area contributed by atoms with Crippen LogP contribution in [-0.4, -0.2) is 31.4 Å². The van der Waals surface area contributed by atoms with Gasteiger partial charge in [0.05, 0.1) is 13.2 Å². The highest BCUT2D eigenvalue weighted by Gasteiger charge is 2.47. The molecule has 0 aliphatic heterocycles. The molecule has 0 aliphatic carbocycles. The fourth-order valence-electron chi connectivity index (χ4n) is 2.31. The van der Waals surface area contributed by atoms with E-state index in [2.05, 4.69) is 6.92 Å². The Bertz CT molecular complexity index is 307. The molecule has 0 aromatic heterocycles. The summed E-state index contributed by atoms with van der Waals surface area (Å²) >= 11 is 0. The van der Waals surface area contributed by atoms with Gasteiger partial charge in [-0.15, -0.1) is 0 Å². The molecule has 0 saturated carbocycles. The first-order valence-corrected chi connectivity index (χ1v) is 7.87. The number of esters is 2. The minimum absolute atomic E-state index is 0.144. The monoisotopic (exact) mass is 300 g/mol. The molecule has 5 heteroatoms. The summed E-state index contributed by atoms with van der Waals surface area (Å²) in [5, 5.41) is 0. The van der Waals surface area contributed by atoms with Gasteiger partial charge in [0.1, 0.15) is 6.29 Å². The van der Waals surface area contributed by atoms with Crippen LogP contribution in [0.15, 0.2) is 0 Å². The lowest BCUT2D eigenvalue weighted by molar-refractivity contribution is -0.173. The van der Waals surface area contributed by atoms with Crippen molar-refractivity contribution in [1.82, 2.24) is 0 Å². The minimum atomic E-state index is -1.33. The van der Waals surface area contributed by atoms with Gasteiger partial charge in [-0.05, 0) is 26.7 Å². The van der Waals surface area contributed by atoms with E-state index in [0.717, 1.165) is 32.0 Å². The van der Waals surface area contributed by atoms with Gasteiger partial charge in [0.15, 0.2) is 5.41 Å². The van der Waals surface area contributed by atoms with E-state index < -0.39 is 17.4 Å². The Labute approximate surface area is 127 Å². The fourth-order valence-corrected chi connectivity index (χ4v) is 2.31. The number of carbonyl (C=O) groups is 3. The number of rotatable bonds is 12. The van der Waals surface area contributed by atoms with Crippen LogP contribution in [-0.2, 0) is 23.9 Å². The number of ether oxygens (including phenoxy) is 2. The van der Waals surface area contributed by atoms with Crippen molar-refractivity contribution in [3.8, 4) is 0 Å². The topological polar surface area (TPSA) is 69.7 Å². The van der Waals surface area contributed by atoms with Gasteiger partial charge in [0, 0.05) is 6.42 Å². The highest BCUT2D eigenvalue weighted by molar-refractivity contribution is 6.00. The highest BCUT2D eigenvalue weighted by Crippen LogP contribution is 2.34. The van der Waals surface area contributed by atoms with Crippen LogP contribution in [0.4, 0.5) is 0 Å². The Hall–Kier alpha value is -1.39. The van der Waals surface area contributed by atoms with Gasteiger partial charge in [0.25, 0.3) is 0 Å². The van der Waals surface area contributed by atoms with Gasteiger partial charge in [-0.2, -0.15) is 0 Å². The number of hydrogen-bond acceptors (Lipinski definition) is 5. The van der Waals surface area contributed by atoms with Crippen molar-refractivity contribution in [2.45, 2.75) is 65.7 Å². The smallest absolute Gasteiger partial charge is 0.323 e. The molecule has 5 nitrogen and oxygen atoms in total. The predicted octanol–water partition coefficient (Wildman–Crippen LogP) is 3.05. The van der Waals surface area contributed by atoms with E-state index in [0.29, 0.717) is 6.42 Å². The lowest BCUT2D eigenvalue weighted by Gasteiger charge is -2.28. The SMILES string of the molecule is CCCCCCC(CCC=O)(C(=O)OCC)C(=O)OCC. The van der Waals surface area contributed by atoms with E-state index in [4.69, 9.17) is 9.47 Å². The second-order valence-electron chi connectivity index (χ2n) is 5.04. The molecule has 0 radical (unpaired) electrons. The molecule has 0 heterocycles. The van der Waals surface area contributed by atoms with Crippen LogP contribution >= 0.6 is 0 Å². The molecule has 0 amide bonds. The summed E-state index contributed by atoms with van der Waals surface area (Å²) in [7, 11) is 0. The maximum atomic E-state index is 12.3. The summed E-state index contributed by atoms with van der Waals surface area (Å²) in [6.07, 6.45) is 5.20. The zero-order chi connectivity index (χ0) is 16.1. The van der Waals surface area contributed by atoms with Gasteiger partial charge in [-0.25, -0.2) is 0 Å². The first-order valence-electron chi connectivity index (χ1n) is 7.87. The van der Waals surface area contributed by atoms with Gasteiger partial charge in [-0.1, -0.05) is 32.6 Å². The van der Waals surface area contributed by atoms with Crippen molar-refractivity contribution < 1.29 is 23.9 Å². The van der Waals surface area contributed by atoms with E-state index in [1.807, 2.05) is 0 Å². The van der Waals surface area contributed by atoms with Crippen molar-refractivity contribution in [2.75, 3.05) is 13.2 Å². The Morgan fingerprint density at radius 3 is 1.90 bits per heavy atom. The number of hydrogen-bond donors (Lipinski definition) is 0. The molecule has 0 aromatic rings. The zero-order valence-corrected chi connectivity index (χ0v) is 13.5. The maximum absolute atomic E-state index is 12.3. The van der Waals surface area contributed by atoms with Crippen LogP contribution in [0.2, 0.25) is 0 Å². The third kappa shape index (κ3) is 6.27. The summed E-state index contributed by atoms with van der Waals surface area (Å²) in [6, 6.07) is 0. The molecule has 122 valence electrons. The van der Waals surface area contributed by atoms with E-state index >= 15 is 0 Å². The van der Waals surface area contributed by atoms with E-state index in [1.54, 1.807) is 13.8 Å². The van der Waals surface area contributed by atoms with Crippen LogP contribution in [0, 0.1) is 5.41 Å². The van der Waals surface area contributed by atoms with Crippen molar-refractivity contribution in [2.24, 2.45) is 5.41 Å². The second-order valence-corrected chi connectivity index (χ2v) is 5.04. The molecular weight excluding hydrogens is 272 g/mol. The Balaban J connectivity index is 5.12. The third-order valence-electron chi connectivity index (χ3n) is 3.48. The normalized spacial score (nSPS) is 11.0. The second kappa shape index (κ2) is 11.3. The van der Waals surface area contributed by atoms with E-state index in [-0.39, 0.29) is 26.1 Å². The predicted molar refractivity (Wildman–Crippen MR) is 79.8 cm³/mol. The quantitative estimate of drug-likeness (QED) is 0.240. The Morgan fingerprint density at radius 2 is 1.48 bits per heavy atom. The standard InChI is InChI=1S/C16H28O5/c1-4-7-8-9-11-16(12-10-13-17,14(18)20-5-2)15(19)21-6-3/h13H,4-12H2,1-3H3. The lowest BCUT2D eigenvalue weighted by atomic mass is 9.78. The maximum Gasteiger partial charge on any atom is 0.323 e. The average Bonchev–Trinajstić information content (AvgIpc) is 2.47. The molecule has 0 rings (SSSR count). The van der Waals surface area contributed by atoms with Crippen LogP contribution in [0.1, 0.15) is 65.7 Å². The molecule has 0 N–H and O–H groups in total. The summed E-state index contributed by atoms with van der Waals surface area (Å²) in [5.41, 5.74) is -1.33.